The van der Waals surface area contributed by atoms with Crippen molar-refractivity contribution >= 4 is 17.5 Å². The maximum atomic E-state index is 13.6. The van der Waals surface area contributed by atoms with Gasteiger partial charge in [0.25, 0.3) is 5.92 Å². The van der Waals surface area contributed by atoms with E-state index in [2.05, 4.69) is 4.99 Å². The Morgan fingerprint density at radius 1 is 1.29 bits per heavy atom. The van der Waals surface area contributed by atoms with E-state index in [1.807, 2.05) is 0 Å². The minimum atomic E-state index is -3.39. The van der Waals surface area contributed by atoms with Crippen LogP contribution in [-0.2, 0) is 9.59 Å². The first kappa shape index (κ1) is 17.3. The number of ketones is 1. The lowest BCUT2D eigenvalue weighted by atomic mass is 9.84. The van der Waals surface area contributed by atoms with E-state index < -0.39 is 29.2 Å². The highest BCUT2D eigenvalue weighted by atomic mass is 19.3. The van der Waals surface area contributed by atoms with Gasteiger partial charge in [0, 0.05) is 19.0 Å². The van der Waals surface area contributed by atoms with Gasteiger partial charge < -0.3 is 10.8 Å². The Balaban J connectivity index is 2.96. The van der Waals surface area contributed by atoms with Crippen molar-refractivity contribution < 1.29 is 23.5 Å². The number of aliphatic imine (C=N–C) groups is 1. The van der Waals surface area contributed by atoms with Crippen LogP contribution in [0.1, 0.15) is 39.5 Å². The molecule has 118 valence electrons. The SMILES string of the molecule is CC(=O)C1CCC(N=C(C(=CN)C(=O)O)C(C)(F)F)CC1. The minimum Gasteiger partial charge on any atom is -0.478 e. The van der Waals surface area contributed by atoms with Crippen LogP contribution in [0.15, 0.2) is 16.8 Å². The molecule has 1 fully saturated rings. The van der Waals surface area contributed by atoms with Gasteiger partial charge in [0.1, 0.15) is 17.1 Å². The van der Waals surface area contributed by atoms with E-state index in [4.69, 9.17) is 10.8 Å². The fraction of sp³-hybridized carbons (Fsp3) is 0.643. The molecular weight excluding hydrogens is 282 g/mol. The molecule has 5 nitrogen and oxygen atoms in total. The Hall–Kier alpha value is -1.79. The molecule has 1 rings (SSSR count). The van der Waals surface area contributed by atoms with Crippen LogP contribution in [0, 0.1) is 5.92 Å². The zero-order valence-corrected chi connectivity index (χ0v) is 12.1. The molecule has 0 aromatic heterocycles. The fourth-order valence-electron chi connectivity index (χ4n) is 2.46. The standard InChI is InChI=1S/C14H20F2N2O3/c1-8(19)9-3-5-10(6-4-9)18-12(14(2,15)16)11(7-17)13(20)21/h7,9-10H,3-6,17H2,1-2H3,(H,20,21). The Labute approximate surface area is 121 Å². The average Bonchev–Trinajstić information content (AvgIpc) is 2.37. The molecule has 1 aliphatic rings. The molecule has 1 saturated carbocycles. The number of alkyl halides is 2. The summed E-state index contributed by atoms with van der Waals surface area (Å²) in [5.74, 6) is -4.88. The predicted molar refractivity (Wildman–Crippen MR) is 74.4 cm³/mol. The number of carboxylic acid groups (broad SMARTS) is 1. The number of rotatable bonds is 5. The molecule has 0 amide bonds. The number of hydrogen-bond acceptors (Lipinski definition) is 4. The molecule has 0 heterocycles. The van der Waals surface area contributed by atoms with Gasteiger partial charge in [0.2, 0.25) is 0 Å². The van der Waals surface area contributed by atoms with Gasteiger partial charge in [-0.2, -0.15) is 8.78 Å². The fourth-order valence-corrected chi connectivity index (χ4v) is 2.46. The van der Waals surface area contributed by atoms with Crippen molar-refractivity contribution in [3.05, 3.63) is 11.8 Å². The third kappa shape index (κ3) is 4.61. The number of carboxylic acids is 1. The number of Topliss-reactive ketones (excluding diaryl/α,β-unsaturated/α-hetero) is 1. The average molecular weight is 302 g/mol. The minimum absolute atomic E-state index is 0.0500. The van der Waals surface area contributed by atoms with Gasteiger partial charge in [-0.05, 0) is 32.6 Å². The van der Waals surface area contributed by atoms with Gasteiger partial charge in [-0.15, -0.1) is 0 Å². The molecule has 21 heavy (non-hydrogen) atoms. The van der Waals surface area contributed by atoms with E-state index in [0.29, 0.717) is 38.8 Å². The van der Waals surface area contributed by atoms with Crippen LogP contribution >= 0.6 is 0 Å². The Morgan fingerprint density at radius 2 is 1.81 bits per heavy atom. The predicted octanol–water partition coefficient (Wildman–Crippen LogP) is 2.16. The highest BCUT2D eigenvalue weighted by Gasteiger charge is 2.36. The number of aliphatic carboxylic acids is 1. The van der Waals surface area contributed by atoms with Gasteiger partial charge in [-0.1, -0.05) is 0 Å². The summed E-state index contributed by atoms with van der Waals surface area (Å²) in [6.45, 7) is 2.11. The van der Waals surface area contributed by atoms with Crippen LogP contribution in [0.2, 0.25) is 0 Å². The number of hydrogen-bond donors (Lipinski definition) is 2. The third-order valence-electron chi connectivity index (χ3n) is 3.65. The second-order valence-electron chi connectivity index (χ2n) is 5.37. The normalized spacial score (nSPS) is 24.8. The van der Waals surface area contributed by atoms with Crippen molar-refractivity contribution in [2.24, 2.45) is 16.6 Å². The largest absolute Gasteiger partial charge is 0.478 e. The first-order valence-corrected chi connectivity index (χ1v) is 6.79. The van der Waals surface area contributed by atoms with Crippen molar-refractivity contribution in [2.75, 3.05) is 0 Å². The zero-order valence-electron chi connectivity index (χ0n) is 12.1. The smallest absolute Gasteiger partial charge is 0.339 e. The highest BCUT2D eigenvalue weighted by molar-refractivity contribution is 6.21. The molecule has 0 aromatic rings. The van der Waals surface area contributed by atoms with Crippen LogP contribution < -0.4 is 5.73 Å². The molecule has 0 atom stereocenters. The summed E-state index contributed by atoms with van der Waals surface area (Å²) in [4.78, 5) is 26.2. The van der Waals surface area contributed by atoms with Gasteiger partial charge in [0.15, 0.2) is 0 Å². The lowest BCUT2D eigenvalue weighted by Gasteiger charge is -2.26. The van der Waals surface area contributed by atoms with Gasteiger partial charge in [0.05, 0.1) is 6.04 Å². The summed E-state index contributed by atoms with van der Waals surface area (Å²) in [5, 5.41) is 8.94. The van der Waals surface area contributed by atoms with E-state index in [1.165, 1.54) is 6.92 Å². The summed E-state index contributed by atoms with van der Waals surface area (Å²) in [5.41, 5.74) is 3.65. The van der Waals surface area contributed by atoms with Gasteiger partial charge in [-0.25, -0.2) is 4.79 Å². The highest BCUT2D eigenvalue weighted by Crippen LogP contribution is 2.29. The monoisotopic (exact) mass is 302 g/mol. The van der Waals surface area contributed by atoms with Crippen LogP contribution in [-0.4, -0.2) is 34.5 Å². The van der Waals surface area contributed by atoms with Gasteiger partial charge in [-0.3, -0.25) is 9.79 Å². The second kappa shape index (κ2) is 6.78. The second-order valence-corrected chi connectivity index (χ2v) is 5.37. The van der Waals surface area contributed by atoms with E-state index in [1.54, 1.807) is 0 Å². The number of nitrogens with two attached hydrogens (primary N) is 1. The Kier molecular flexibility index (Phi) is 5.57. The van der Waals surface area contributed by atoms with Crippen molar-refractivity contribution in [2.45, 2.75) is 51.5 Å². The van der Waals surface area contributed by atoms with Gasteiger partial charge >= 0.3 is 5.97 Å². The van der Waals surface area contributed by atoms with E-state index in [-0.39, 0.29) is 11.7 Å². The molecule has 0 aliphatic heterocycles. The quantitative estimate of drug-likeness (QED) is 0.601. The molecule has 0 spiro atoms. The first-order valence-electron chi connectivity index (χ1n) is 6.79. The Morgan fingerprint density at radius 3 is 2.14 bits per heavy atom. The van der Waals surface area contributed by atoms with E-state index in [9.17, 15) is 18.4 Å². The van der Waals surface area contributed by atoms with Crippen molar-refractivity contribution in [1.29, 1.82) is 0 Å². The van der Waals surface area contributed by atoms with Crippen molar-refractivity contribution in [3.8, 4) is 0 Å². The molecule has 0 bridgehead atoms. The topological polar surface area (TPSA) is 92.8 Å². The third-order valence-corrected chi connectivity index (χ3v) is 3.65. The molecule has 0 radical (unpaired) electrons. The molecule has 1 aliphatic carbocycles. The maximum Gasteiger partial charge on any atom is 0.339 e. The number of carbonyl (C=O) groups excluding carboxylic acids is 1. The van der Waals surface area contributed by atoms with E-state index in [0.717, 1.165) is 0 Å². The van der Waals surface area contributed by atoms with Crippen molar-refractivity contribution in [3.63, 3.8) is 0 Å². The summed E-state index contributed by atoms with van der Waals surface area (Å²) >= 11 is 0. The summed E-state index contributed by atoms with van der Waals surface area (Å²) < 4.78 is 27.2. The van der Waals surface area contributed by atoms with Crippen LogP contribution in [0.25, 0.3) is 0 Å². The molecule has 7 heteroatoms. The Bertz CT molecular complexity index is 473. The zero-order chi connectivity index (χ0) is 16.2. The lowest BCUT2D eigenvalue weighted by Crippen LogP contribution is -2.33. The molecule has 3 N–H and O–H groups in total. The molecule has 0 aromatic carbocycles. The maximum absolute atomic E-state index is 13.6. The molecule has 0 unspecified atom stereocenters. The number of halogens is 2. The van der Waals surface area contributed by atoms with Crippen LogP contribution in [0.5, 0.6) is 0 Å². The number of nitrogens with zero attached hydrogens (tertiary/aromatic N) is 1. The molecule has 0 saturated heterocycles. The summed E-state index contributed by atoms with van der Waals surface area (Å²) in [7, 11) is 0. The lowest BCUT2D eigenvalue weighted by molar-refractivity contribution is -0.132. The van der Waals surface area contributed by atoms with Crippen molar-refractivity contribution in [1.82, 2.24) is 0 Å². The van der Waals surface area contributed by atoms with E-state index >= 15 is 0 Å². The number of carbonyl (C=O) groups is 2. The van der Waals surface area contributed by atoms with Crippen LogP contribution in [0.4, 0.5) is 8.78 Å². The summed E-state index contributed by atoms with van der Waals surface area (Å²) in [6.07, 6.45) is 2.78. The first-order chi connectivity index (χ1) is 9.66. The van der Waals surface area contributed by atoms with Crippen LogP contribution in [0.3, 0.4) is 0 Å². The molecular formula is C14H20F2N2O3. The summed E-state index contributed by atoms with van der Waals surface area (Å²) in [6, 6.07) is -0.407.